The number of rotatable bonds is 6. The van der Waals surface area contributed by atoms with Gasteiger partial charge in [-0.15, -0.1) is 0 Å². The maximum Gasteiger partial charge on any atom is 0.315 e. The van der Waals surface area contributed by atoms with E-state index in [4.69, 9.17) is 9.47 Å². The first-order chi connectivity index (χ1) is 12.4. The van der Waals surface area contributed by atoms with Gasteiger partial charge in [-0.2, -0.15) is 5.10 Å². The largest absolute Gasteiger partial charge is 0.500 e. The molecule has 9 nitrogen and oxygen atoms in total. The van der Waals surface area contributed by atoms with Gasteiger partial charge in [-0.05, 0) is 46.9 Å². The molecule has 0 spiro atoms. The number of nitrogens with one attached hydrogen (secondary N) is 1. The highest BCUT2D eigenvalue weighted by Gasteiger charge is 2.19. The molecular formula is C16H14IN3O6. The summed E-state index contributed by atoms with van der Waals surface area (Å²) in [7, 11) is 2.77. The van der Waals surface area contributed by atoms with Crippen LogP contribution in [0.5, 0.6) is 17.2 Å². The van der Waals surface area contributed by atoms with Gasteiger partial charge in [-0.3, -0.25) is 14.9 Å². The van der Waals surface area contributed by atoms with Crippen molar-refractivity contribution in [2.75, 3.05) is 14.2 Å². The lowest BCUT2D eigenvalue weighted by Gasteiger charge is -2.06. The Labute approximate surface area is 161 Å². The van der Waals surface area contributed by atoms with Crippen LogP contribution < -0.4 is 14.9 Å². The number of hydrogen-bond donors (Lipinski definition) is 2. The molecule has 136 valence electrons. The topological polar surface area (TPSA) is 123 Å². The first kappa shape index (κ1) is 19.4. The third-order valence-corrected chi connectivity index (χ3v) is 4.18. The molecule has 2 aromatic carbocycles. The summed E-state index contributed by atoms with van der Waals surface area (Å²) >= 11 is 2.08. The molecule has 0 aromatic heterocycles. The summed E-state index contributed by atoms with van der Waals surface area (Å²) in [5.74, 6) is -0.573. The number of phenols is 1. The molecule has 2 rings (SSSR count). The molecule has 0 radical (unpaired) electrons. The number of methoxy groups -OCH3 is 2. The minimum Gasteiger partial charge on any atom is -0.500 e. The standard InChI is InChI=1S/C16H14IN3O6/c1-25-13-7-10(3-4-11(13)17)16(22)19-18-8-9-5-12(20(23)24)15(21)14(6-9)26-2/h3-8,21H,1-2H3,(H,19,22)/b18-8+. The van der Waals surface area contributed by atoms with Gasteiger partial charge in [0.15, 0.2) is 5.75 Å². The molecule has 0 saturated heterocycles. The predicted octanol–water partition coefficient (Wildman–Crippen LogP) is 2.69. The average molecular weight is 471 g/mol. The molecule has 1 amide bonds. The van der Waals surface area contributed by atoms with Crippen LogP contribution in [0, 0.1) is 13.7 Å². The van der Waals surface area contributed by atoms with Crippen molar-refractivity contribution in [3.63, 3.8) is 0 Å². The van der Waals surface area contributed by atoms with Crippen LogP contribution in [-0.4, -0.2) is 36.4 Å². The molecule has 2 N–H and O–H groups in total. The summed E-state index contributed by atoms with van der Waals surface area (Å²) in [6.07, 6.45) is 1.21. The van der Waals surface area contributed by atoms with Crippen LogP contribution in [0.1, 0.15) is 15.9 Å². The van der Waals surface area contributed by atoms with Gasteiger partial charge >= 0.3 is 5.69 Å². The van der Waals surface area contributed by atoms with Crippen molar-refractivity contribution in [1.82, 2.24) is 5.43 Å². The minimum absolute atomic E-state index is 0.0747. The molecule has 0 atom stereocenters. The number of phenolic OH excluding ortho intramolecular Hbond substituents is 1. The highest BCUT2D eigenvalue weighted by molar-refractivity contribution is 14.1. The number of benzene rings is 2. The first-order valence-electron chi connectivity index (χ1n) is 7.09. The molecule has 0 unspecified atom stereocenters. The van der Waals surface area contributed by atoms with Gasteiger partial charge in [0.1, 0.15) is 5.75 Å². The third-order valence-electron chi connectivity index (χ3n) is 3.29. The number of nitrogens with zero attached hydrogens (tertiary/aromatic N) is 2. The first-order valence-corrected chi connectivity index (χ1v) is 8.17. The average Bonchev–Trinajstić information content (AvgIpc) is 2.62. The summed E-state index contributed by atoms with van der Waals surface area (Å²) in [6.45, 7) is 0. The van der Waals surface area contributed by atoms with Crippen LogP contribution in [0.4, 0.5) is 5.69 Å². The van der Waals surface area contributed by atoms with Crippen molar-refractivity contribution in [1.29, 1.82) is 0 Å². The Morgan fingerprint density at radius 3 is 2.58 bits per heavy atom. The van der Waals surface area contributed by atoms with E-state index in [1.807, 2.05) is 0 Å². The third kappa shape index (κ3) is 4.39. The number of carbonyl (C=O) groups excluding carboxylic acids is 1. The Balaban J connectivity index is 2.19. The monoisotopic (exact) mass is 471 g/mol. The van der Waals surface area contributed by atoms with Crippen LogP contribution in [0.15, 0.2) is 35.4 Å². The van der Waals surface area contributed by atoms with Crippen molar-refractivity contribution in [2.24, 2.45) is 5.10 Å². The summed E-state index contributed by atoms with van der Waals surface area (Å²) in [5.41, 5.74) is 2.40. The summed E-state index contributed by atoms with van der Waals surface area (Å²) in [5, 5.41) is 24.5. The van der Waals surface area contributed by atoms with E-state index in [-0.39, 0.29) is 11.3 Å². The SMILES string of the molecule is COc1cc(C(=O)N/N=C/c2cc(OC)c(O)c([N+](=O)[O-])c2)ccc1I. The van der Waals surface area contributed by atoms with Gasteiger partial charge in [0.05, 0.1) is 28.9 Å². The Kier molecular flexibility index (Phi) is 6.33. The van der Waals surface area contributed by atoms with E-state index >= 15 is 0 Å². The maximum atomic E-state index is 12.1. The van der Waals surface area contributed by atoms with E-state index in [1.54, 1.807) is 18.2 Å². The lowest BCUT2D eigenvalue weighted by Crippen LogP contribution is -2.17. The van der Waals surface area contributed by atoms with Crippen molar-refractivity contribution in [3.05, 3.63) is 55.1 Å². The van der Waals surface area contributed by atoms with Gasteiger partial charge in [0, 0.05) is 17.2 Å². The summed E-state index contributed by atoms with van der Waals surface area (Å²) < 4.78 is 10.9. The van der Waals surface area contributed by atoms with Crippen LogP contribution in [-0.2, 0) is 0 Å². The number of ether oxygens (including phenoxy) is 2. The number of aromatic hydroxyl groups is 1. The van der Waals surface area contributed by atoms with Crippen LogP contribution in [0.25, 0.3) is 0 Å². The number of nitro benzene ring substituents is 1. The van der Waals surface area contributed by atoms with Gasteiger partial charge in [-0.1, -0.05) is 0 Å². The summed E-state index contributed by atoms with van der Waals surface area (Å²) in [6, 6.07) is 7.38. The second-order valence-electron chi connectivity index (χ2n) is 4.90. The highest BCUT2D eigenvalue weighted by atomic mass is 127. The van der Waals surface area contributed by atoms with Crippen molar-refractivity contribution in [2.45, 2.75) is 0 Å². The molecule has 0 aliphatic heterocycles. The second-order valence-corrected chi connectivity index (χ2v) is 6.06. The molecule has 10 heteroatoms. The Hall–Kier alpha value is -2.89. The quantitative estimate of drug-likeness (QED) is 0.289. The van der Waals surface area contributed by atoms with Gasteiger partial charge in [0.25, 0.3) is 5.91 Å². The molecule has 0 saturated carbocycles. The zero-order chi connectivity index (χ0) is 19.3. The minimum atomic E-state index is -0.744. The molecule has 0 fully saturated rings. The van der Waals surface area contributed by atoms with Gasteiger partial charge in [-0.25, -0.2) is 5.43 Å². The van der Waals surface area contributed by atoms with E-state index in [9.17, 15) is 20.0 Å². The number of amides is 1. The number of nitro groups is 1. The van der Waals surface area contributed by atoms with Crippen molar-refractivity contribution < 1.29 is 24.3 Å². The number of hydrogen-bond acceptors (Lipinski definition) is 7. The molecular weight excluding hydrogens is 457 g/mol. The number of hydrazone groups is 1. The van der Waals surface area contributed by atoms with E-state index in [1.165, 1.54) is 26.5 Å². The fraction of sp³-hybridized carbons (Fsp3) is 0.125. The van der Waals surface area contributed by atoms with E-state index in [2.05, 4.69) is 33.1 Å². The molecule has 0 aliphatic carbocycles. The Morgan fingerprint density at radius 1 is 1.27 bits per heavy atom. The molecule has 2 aromatic rings. The summed E-state index contributed by atoms with van der Waals surface area (Å²) in [4.78, 5) is 22.3. The van der Waals surface area contributed by atoms with E-state index in [0.29, 0.717) is 11.3 Å². The van der Waals surface area contributed by atoms with Crippen LogP contribution in [0.2, 0.25) is 0 Å². The fourth-order valence-corrected chi connectivity index (χ4v) is 2.57. The lowest BCUT2D eigenvalue weighted by molar-refractivity contribution is -0.386. The van der Waals surface area contributed by atoms with Gasteiger partial charge in [0.2, 0.25) is 5.75 Å². The predicted molar refractivity (Wildman–Crippen MR) is 102 cm³/mol. The molecule has 0 bridgehead atoms. The highest BCUT2D eigenvalue weighted by Crippen LogP contribution is 2.36. The maximum absolute atomic E-state index is 12.1. The second kappa shape index (κ2) is 8.47. The van der Waals surface area contributed by atoms with Gasteiger partial charge < -0.3 is 14.6 Å². The molecule has 26 heavy (non-hydrogen) atoms. The Bertz CT molecular complexity index is 885. The zero-order valence-electron chi connectivity index (χ0n) is 13.7. The van der Waals surface area contributed by atoms with Crippen molar-refractivity contribution >= 4 is 40.4 Å². The smallest absolute Gasteiger partial charge is 0.315 e. The number of carbonyl (C=O) groups is 1. The molecule has 0 heterocycles. The lowest BCUT2D eigenvalue weighted by atomic mass is 10.2. The van der Waals surface area contributed by atoms with E-state index in [0.717, 1.165) is 9.64 Å². The normalized spacial score (nSPS) is 10.6. The number of halogens is 1. The van der Waals surface area contributed by atoms with Crippen LogP contribution >= 0.6 is 22.6 Å². The van der Waals surface area contributed by atoms with Crippen molar-refractivity contribution in [3.8, 4) is 17.2 Å². The van der Waals surface area contributed by atoms with Crippen LogP contribution in [0.3, 0.4) is 0 Å². The Morgan fingerprint density at radius 2 is 1.96 bits per heavy atom. The molecule has 0 aliphatic rings. The zero-order valence-corrected chi connectivity index (χ0v) is 15.9. The van der Waals surface area contributed by atoms with E-state index < -0.39 is 22.3 Å². The fourth-order valence-electron chi connectivity index (χ4n) is 2.01.